The fourth-order valence-corrected chi connectivity index (χ4v) is 1.96. The van der Waals surface area contributed by atoms with Crippen LogP contribution in [0.15, 0.2) is 12.1 Å². The van der Waals surface area contributed by atoms with E-state index in [4.69, 9.17) is 26.8 Å². The molecular formula is C13H20ClNO2. The number of benzene rings is 1. The van der Waals surface area contributed by atoms with Crippen LogP contribution >= 0.6 is 11.6 Å². The molecule has 0 aliphatic heterocycles. The summed E-state index contributed by atoms with van der Waals surface area (Å²) in [6.07, 6.45) is 0. The summed E-state index contributed by atoms with van der Waals surface area (Å²) < 4.78 is 10.5. The lowest BCUT2D eigenvalue weighted by Gasteiger charge is -2.29. The van der Waals surface area contributed by atoms with Crippen molar-refractivity contribution in [2.45, 2.75) is 26.8 Å². The third-order valence-corrected chi connectivity index (χ3v) is 3.14. The summed E-state index contributed by atoms with van der Waals surface area (Å²) in [6.45, 7) is 6.24. The number of nitrogens with two attached hydrogens (primary N) is 1. The van der Waals surface area contributed by atoms with Crippen LogP contribution in [-0.4, -0.2) is 14.2 Å². The molecule has 96 valence electrons. The van der Waals surface area contributed by atoms with E-state index in [2.05, 4.69) is 20.8 Å². The first-order valence-corrected chi connectivity index (χ1v) is 5.86. The molecule has 17 heavy (non-hydrogen) atoms. The van der Waals surface area contributed by atoms with Gasteiger partial charge in [-0.25, -0.2) is 0 Å². The van der Waals surface area contributed by atoms with Crippen LogP contribution in [0.4, 0.5) is 0 Å². The lowest BCUT2D eigenvalue weighted by molar-refractivity contribution is 0.313. The normalized spacial score (nSPS) is 13.4. The summed E-state index contributed by atoms with van der Waals surface area (Å²) in [5, 5.41) is 0.465. The number of hydrogen-bond acceptors (Lipinski definition) is 3. The molecule has 0 amide bonds. The molecule has 0 saturated carbocycles. The average Bonchev–Trinajstić information content (AvgIpc) is 2.26. The molecule has 0 heterocycles. The van der Waals surface area contributed by atoms with Gasteiger partial charge in [0.05, 0.1) is 14.2 Å². The summed E-state index contributed by atoms with van der Waals surface area (Å²) >= 11 is 6.20. The fourth-order valence-electron chi connectivity index (χ4n) is 1.63. The molecular weight excluding hydrogens is 238 g/mol. The van der Waals surface area contributed by atoms with Crippen LogP contribution in [0.3, 0.4) is 0 Å². The highest BCUT2D eigenvalue weighted by molar-refractivity contribution is 6.33. The second-order valence-corrected chi connectivity index (χ2v) is 5.43. The summed E-state index contributed by atoms with van der Waals surface area (Å²) in [7, 11) is 3.16. The zero-order chi connectivity index (χ0) is 13.2. The minimum absolute atomic E-state index is 0.0643. The third-order valence-electron chi connectivity index (χ3n) is 2.78. The number of rotatable bonds is 3. The largest absolute Gasteiger partial charge is 0.495 e. The maximum absolute atomic E-state index is 6.23. The predicted molar refractivity (Wildman–Crippen MR) is 70.9 cm³/mol. The van der Waals surface area contributed by atoms with E-state index >= 15 is 0 Å². The van der Waals surface area contributed by atoms with Crippen molar-refractivity contribution in [1.29, 1.82) is 0 Å². The molecule has 0 aromatic heterocycles. The summed E-state index contributed by atoms with van der Waals surface area (Å²) in [5.74, 6) is 1.18. The predicted octanol–water partition coefficient (Wildman–Crippen LogP) is 3.40. The van der Waals surface area contributed by atoms with E-state index in [1.54, 1.807) is 14.2 Å². The highest BCUT2D eigenvalue weighted by Crippen LogP contribution is 2.42. The van der Waals surface area contributed by atoms with Crippen LogP contribution in [0, 0.1) is 5.41 Å². The van der Waals surface area contributed by atoms with Gasteiger partial charge >= 0.3 is 0 Å². The Morgan fingerprint density at radius 3 is 2.18 bits per heavy atom. The Hall–Kier alpha value is -0.930. The second kappa shape index (κ2) is 5.15. The molecule has 0 spiro atoms. The van der Waals surface area contributed by atoms with Crippen LogP contribution < -0.4 is 15.2 Å². The van der Waals surface area contributed by atoms with Gasteiger partial charge in [0.1, 0.15) is 16.5 Å². The van der Waals surface area contributed by atoms with Crippen molar-refractivity contribution in [3.05, 3.63) is 22.7 Å². The maximum Gasteiger partial charge on any atom is 0.146 e. The van der Waals surface area contributed by atoms with Gasteiger partial charge in [0.2, 0.25) is 0 Å². The van der Waals surface area contributed by atoms with E-state index < -0.39 is 0 Å². The summed E-state index contributed by atoms with van der Waals surface area (Å²) in [5.41, 5.74) is 7.06. The van der Waals surface area contributed by atoms with Crippen molar-refractivity contribution < 1.29 is 9.47 Å². The molecule has 0 radical (unpaired) electrons. The monoisotopic (exact) mass is 257 g/mol. The van der Waals surface area contributed by atoms with E-state index in [0.717, 1.165) is 5.56 Å². The van der Waals surface area contributed by atoms with Crippen molar-refractivity contribution in [3.63, 3.8) is 0 Å². The highest BCUT2D eigenvalue weighted by Gasteiger charge is 2.27. The van der Waals surface area contributed by atoms with Gasteiger partial charge in [-0.15, -0.1) is 0 Å². The van der Waals surface area contributed by atoms with Crippen molar-refractivity contribution >= 4 is 11.6 Å². The first-order valence-electron chi connectivity index (χ1n) is 5.49. The lowest BCUT2D eigenvalue weighted by atomic mass is 9.82. The topological polar surface area (TPSA) is 44.5 Å². The van der Waals surface area contributed by atoms with E-state index in [1.807, 2.05) is 12.1 Å². The third kappa shape index (κ3) is 2.85. The minimum Gasteiger partial charge on any atom is -0.495 e. The molecule has 0 aliphatic rings. The van der Waals surface area contributed by atoms with Crippen LogP contribution in [0.25, 0.3) is 0 Å². The number of hydrogen-bond donors (Lipinski definition) is 1. The Balaban J connectivity index is 3.31. The molecule has 1 unspecified atom stereocenters. The number of ether oxygens (including phenoxy) is 2. The zero-order valence-corrected chi connectivity index (χ0v) is 11.8. The van der Waals surface area contributed by atoms with Crippen LogP contribution in [0.5, 0.6) is 11.5 Å². The van der Waals surface area contributed by atoms with Gasteiger partial charge < -0.3 is 15.2 Å². The molecule has 0 fully saturated rings. The molecule has 1 aromatic rings. The SMILES string of the molecule is COc1ccc(C(N)C(C)(C)C)c(OC)c1Cl. The Bertz CT molecular complexity index is 399. The molecule has 1 rings (SSSR count). The fraction of sp³-hybridized carbons (Fsp3) is 0.538. The standard InChI is InChI=1S/C13H20ClNO2/c1-13(2,3)12(15)8-6-7-9(16-4)10(14)11(8)17-5/h6-7,12H,15H2,1-5H3. The molecule has 0 bridgehead atoms. The Morgan fingerprint density at radius 1 is 1.18 bits per heavy atom. The molecule has 3 nitrogen and oxygen atoms in total. The molecule has 0 aliphatic carbocycles. The first kappa shape index (κ1) is 14.1. The maximum atomic E-state index is 6.23. The molecule has 1 aromatic carbocycles. The Morgan fingerprint density at radius 2 is 1.76 bits per heavy atom. The molecule has 1 atom stereocenters. The van der Waals surface area contributed by atoms with Gasteiger partial charge in [-0.2, -0.15) is 0 Å². The van der Waals surface area contributed by atoms with Gasteiger partial charge in [-0.3, -0.25) is 0 Å². The van der Waals surface area contributed by atoms with Gasteiger partial charge in [-0.1, -0.05) is 32.4 Å². The summed E-state index contributed by atoms with van der Waals surface area (Å²) in [4.78, 5) is 0. The smallest absolute Gasteiger partial charge is 0.146 e. The highest BCUT2D eigenvalue weighted by atomic mass is 35.5. The van der Waals surface area contributed by atoms with E-state index in [0.29, 0.717) is 16.5 Å². The van der Waals surface area contributed by atoms with Gasteiger partial charge in [0.15, 0.2) is 0 Å². The van der Waals surface area contributed by atoms with E-state index in [-0.39, 0.29) is 11.5 Å². The van der Waals surface area contributed by atoms with Crippen LogP contribution in [-0.2, 0) is 0 Å². The van der Waals surface area contributed by atoms with Gasteiger partial charge in [0, 0.05) is 11.6 Å². The second-order valence-electron chi connectivity index (χ2n) is 5.05. The van der Waals surface area contributed by atoms with Gasteiger partial charge in [0.25, 0.3) is 0 Å². The molecule has 2 N–H and O–H groups in total. The van der Waals surface area contributed by atoms with Crippen molar-refractivity contribution in [1.82, 2.24) is 0 Å². The van der Waals surface area contributed by atoms with Gasteiger partial charge in [-0.05, 0) is 17.5 Å². The quantitative estimate of drug-likeness (QED) is 0.903. The summed E-state index contributed by atoms with van der Waals surface area (Å²) in [6, 6.07) is 3.56. The van der Waals surface area contributed by atoms with Crippen molar-refractivity contribution in [2.75, 3.05) is 14.2 Å². The van der Waals surface area contributed by atoms with E-state index in [1.165, 1.54) is 0 Å². The number of methoxy groups -OCH3 is 2. The molecule has 0 saturated heterocycles. The number of halogens is 1. The Kier molecular flexibility index (Phi) is 4.28. The zero-order valence-electron chi connectivity index (χ0n) is 11.0. The average molecular weight is 258 g/mol. The van der Waals surface area contributed by atoms with Crippen molar-refractivity contribution in [3.8, 4) is 11.5 Å². The van der Waals surface area contributed by atoms with Crippen LogP contribution in [0.1, 0.15) is 32.4 Å². The van der Waals surface area contributed by atoms with E-state index in [9.17, 15) is 0 Å². The van der Waals surface area contributed by atoms with Crippen molar-refractivity contribution in [2.24, 2.45) is 11.1 Å². The lowest BCUT2D eigenvalue weighted by Crippen LogP contribution is -2.26. The molecule has 4 heteroatoms. The Labute approximate surface area is 108 Å². The first-order chi connectivity index (χ1) is 7.82. The van der Waals surface area contributed by atoms with Crippen LogP contribution in [0.2, 0.25) is 5.02 Å². The minimum atomic E-state index is -0.152.